The molecule has 1 aromatic rings. The summed E-state index contributed by atoms with van der Waals surface area (Å²) in [5.74, 6) is 2.23. The second-order valence-corrected chi connectivity index (χ2v) is 5.39. The maximum Gasteiger partial charge on any atom is 0.164 e. The molecule has 0 bridgehead atoms. The van der Waals surface area contributed by atoms with Crippen LogP contribution in [0.2, 0.25) is 0 Å². The molecular weight excluding hydrogens is 258 g/mol. The molecule has 2 heterocycles. The number of rotatable bonds is 3. The average molecular weight is 279 g/mol. The summed E-state index contributed by atoms with van der Waals surface area (Å²) in [6.45, 7) is 1.85. The van der Waals surface area contributed by atoms with Crippen molar-refractivity contribution in [2.24, 2.45) is 0 Å². The van der Waals surface area contributed by atoms with Crippen LogP contribution < -0.4 is 19.5 Å². The maximum absolute atomic E-state index is 6.28. The van der Waals surface area contributed by atoms with Crippen LogP contribution in [0.5, 0.6) is 17.2 Å². The van der Waals surface area contributed by atoms with E-state index >= 15 is 0 Å². The summed E-state index contributed by atoms with van der Waals surface area (Å²) >= 11 is 0. The minimum atomic E-state index is -0.159. The molecule has 1 aromatic carbocycles. The zero-order valence-electron chi connectivity index (χ0n) is 12.2. The van der Waals surface area contributed by atoms with E-state index in [9.17, 15) is 0 Å². The van der Waals surface area contributed by atoms with E-state index in [1.165, 1.54) is 0 Å². The van der Waals surface area contributed by atoms with Crippen LogP contribution in [0.3, 0.4) is 0 Å². The first-order valence-electron chi connectivity index (χ1n) is 6.90. The fourth-order valence-electron chi connectivity index (χ4n) is 3.13. The Kier molecular flexibility index (Phi) is 3.48. The van der Waals surface area contributed by atoms with Crippen molar-refractivity contribution in [3.63, 3.8) is 0 Å². The Bertz CT molecular complexity index is 497. The van der Waals surface area contributed by atoms with Crippen molar-refractivity contribution < 1.29 is 18.9 Å². The molecule has 0 aliphatic carbocycles. The first kappa shape index (κ1) is 13.5. The quantitative estimate of drug-likeness (QED) is 0.916. The minimum Gasteiger partial charge on any atom is -0.493 e. The van der Waals surface area contributed by atoms with E-state index in [4.69, 9.17) is 18.9 Å². The van der Waals surface area contributed by atoms with Gasteiger partial charge in [-0.05, 0) is 12.6 Å². The molecule has 1 spiro atoms. The predicted molar refractivity (Wildman–Crippen MR) is 74.8 cm³/mol. The first-order valence-corrected chi connectivity index (χ1v) is 6.90. The molecule has 2 aliphatic heterocycles. The summed E-state index contributed by atoms with van der Waals surface area (Å²) in [4.78, 5) is 0. The molecule has 0 amide bonds. The Balaban J connectivity index is 2.03. The van der Waals surface area contributed by atoms with E-state index in [0.717, 1.165) is 37.2 Å². The number of methoxy groups -OCH3 is 3. The minimum absolute atomic E-state index is 0.0263. The van der Waals surface area contributed by atoms with Crippen molar-refractivity contribution in [2.45, 2.75) is 24.5 Å². The van der Waals surface area contributed by atoms with Crippen LogP contribution in [0.15, 0.2) is 12.1 Å². The third kappa shape index (κ3) is 2.11. The summed E-state index contributed by atoms with van der Waals surface area (Å²) in [7, 11) is 5.01. The van der Waals surface area contributed by atoms with Crippen LogP contribution >= 0.6 is 0 Å². The van der Waals surface area contributed by atoms with Gasteiger partial charge in [-0.15, -0.1) is 0 Å². The van der Waals surface area contributed by atoms with E-state index in [0.29, 0.717) is 11.5 Å². The molecule has 5 nitrogen and oxygen atoms in total. The van der Waals surface area contributed by atoms with Crippen LogP contribution in [0, 0.1) is 0 Å². The lowest BCUT2D eigenvalue weighted by atomic mass is 9.88. The third-order valence-corrected chi connectivity index (χ3v) is 4.24. The van der Waals surface area contributed by atoms with Gasteiger partial charge in [0, 0.05) is 38.1 Å². The van der Waals surface area contributed by atoms with Crippen molar-refractivity contribution in [3.8, 4) is 17.2 Å². The van der Waals surface area contributed by atoms with Gasteiger partial charge < -0.3 is 24.3 Å². The molecule has 110 valence electrons. The maximum atomic E-state index is 6.28. The van der Waals surface area contributed by atoms with Gasteiger partial charge in [-0.2, -0.15) is 0 Å². The normalized spacial score (nSPS) is 28.1. The van der Waals surface area contributed by atoms with Gasteiger partial charge in [-0.3, -0.25) is 0 Å². The second kappa shape index (κ2) is 5.14. The molecule has 0 aromatic heterocycles. The molecular formula is C15H21NO4. The third-order valence-electron chi connectivity index (χ3n) is 4.24. The Labute approximate surface area is 119 Å². The summed E-state index contributed by atoms with van der Waals surface area (Å²) in [5.41, 5.74) is 0.871. The molecule has 1 N–H and O–H groups in total. The predicted octanol–water partition coefficient (Wildman–Crippen LogP) is 1.91. The van der Waals surface area contributed by atoms with E-state index in [1.54, 1.807) is 21.3 Å². The molecule has 20 heavy (non-hydrogen) atoms. The van der Waals surface area contributed by atoms with Crippen molar-refractivity contribution in [3.05, 3.63) is 17.7 Å². The highest BCUT2D eigenvalue weighted by Crippen LogP contribution is 2.47. The number of benzene rings is 1. The SMILES string of the molecule is COc1cc2c(cc1OC)C(OC)CC1(CCNC1)O2. The fourth-order valence-corrected chi connectivity index (χ4v) is 3.13. The van der Waals surface area contributed by atoms with E-state index in [2.05, 4.69) is 5.32 Å². The standard InChI is InChI=1S/C15H21NO4/c1-17-12-6-10-11(7-13(12)18-2)20-15(4-5-16-9-15)8-14(10)19-3/h6-7,14,16H,4-5,8-9H2,1-3H3. The van der Waals surface area contributed by atoms with E-state index < -0.39 is 0 Å². The van der Waals surface area contributed by atoms with Crippen LogP contribution in [0.25, 0.3) is 0 Å². The second-order valence-electron chi connectivity index (χ2n) is 5.39. The van der Waals surface area contributed by atoms with Gasteiger partial charge in [0.25, 0.3) is 0 Å². The van der Waals surface area contributed by atoms with Crippen LogP contribution in [-0.2, 0) is 4.74 Å². The summed E-state index contributed by atoms with van der Waals surface area (Å²) in [6.07, 6.45) is 1.89. The zero-order chi connectivity index (χ0) is 14.2. The first-order chi connectivity index (χ1) is 9.71. The fraction of sp³-hybridized carbons (Fsp3) is 0.600. The number of ether oxygens (including phenoxy) is 4. The number of hydrogen-bond acceptors (Lipinski definition) is 5. The molecule has 1 fully saturated rings. The topological polar surface area (TPSA) is 49.0 Å². The molecule has 2 atom stereocenters. The number of nitrogens with one attached hydrogen (secondary N) is 1. The van der Waals surface area contributed by atoms with Gasteiger partial charge in [-0.25, -0.2) is 0 Å². The Hall–Kier alpha value is -1.46. The van der Waals surface area contributed by atoms with Crippen molar-refractivity contribution in [2.75, 3.05) is 34.4 Å². The average Bonchev–Trinajstić information content (AvgIpc) is 2.92. The van der Waals surface area contributed by atoms with Crippen molar-refractivity contribution >= 4 is 0 Å². The lowest BCUT2D eigenvalue weighted by Crippen LogP contribution is -2.43. The highest BCUT2D eigenvalue weighted by atomic mass is 16.5. The van der Waals surface area contributed by atoms with Gasteiger partial charge >= 0.3 is 0 Å². The molecule has 5 heteroatoms. The highest BCUT2D eigenvalue weighted by Gasteiger charge is 2.43. The van der Waals surface area contributed by atoms with Gasteiger partial charge in [0.15, 0.2) is 11.5 Å². The van der Waals surface area contributed by atoms with Crippen LogP contribution in [0.1, 0.15) is 24.5 Å². The Morgan fingerprint density at radius 1 is 1.20 bits per heavy atom. The lowest BCUT2D eigenvalue weighted by Gasteiger charge is -2.39. The van der Waals surface area contributed by atoms with Crippen molar-refractivity contribution in [1.82, 2.24) is 5.32 Å². The van der Waals surface area contributed by atoms with Gasteiger partial charge in [0.1, 0.15) is 11.4 Å². The molecule has 3 rings (SSSR count). The largest absolute Gasteiger partial charge is 0.493 e. The van der Waals surface area contributed by atoms with Gasteiger partial charge in [0.2, 0.25) is 0 Å². The molecule has 2 unspecified atom stereocenters. The number of hydrogen-bond donors (Lipinski definition) is 1. The van der Waals surface area contributed by atoms with Crippen LogP contribution in [-0.4, -0.2) is 40.0 Å². The Morgan fingerprint density at radius 3 is 2.55 bits per heavy atom. The van der Waals surface area contributed by atoms with Crippen molar-refractivity contribution in [1.29, 1.82) is 0 Å². The molecule has 2 aliphatic rings. The molecule has 1 saturated heterocycles. The summed E-state index contributed by atoms with van der Waals surface area (Å²) < 4.78 is 22.7. The highest BCUT2D eigenvalue weighted by molar-refractivity contribution is 5.52. The summed E-state index contributed by atoms with van der Waals surface area (Å²) in [6, 6.07) is 3.86. The van der Waals surface area contributed by atoms with Gasteiger partial charge in [-0.1, -0.05) is 0 Å². The number of fused-ring (bicyclic) bond motifs is 1. The zero-order valence-corrected chi connectivity index (χ0v) is 12.2. The molecule has 0 saturated carbocycles. The monoisotopic (exact) mass is 279 g/mol. The van der Waals surface area contributed by atoms with Gasteiger partial charge in [0.05, 0.1) is 20.3 Å². The summed E-state index contributed by atoms with van der Waals surface area (Å²) in [5, 5.41) is 3.37. The Morgan fingerprint density at radius 2 is 1.95 bits per heavy atom. The molecule has 0 radical (unpaired) electrons. The van der Waals surface area contributed by atoms with E-state index in [1.807, 2.05) is 12.1 Å². The lowest BCUT2D eigenvalue weighted by molar-refractivity contribution is -0.0206. The van der Waals surface area contributed by atoms with Crippen LogP contribution in [0.4, 0.5) is 0 Å². The smallest absolute Gasteiger partial charge is 0.164 e. The van der Waals surface area contributed by atoms with E-state index in [-0.39, 0.29) is 11.7 Å².